The SMILES string of the molecule is Cc1nn(CC(=O)N(C)C(C)C)c(C)c1CO. The lowest BCUT2D eigenvalue weighted by molar-refractivity contribution is -0.132. The van der Waals surface area contributed by atoms with Crippen LogP contribution in [0.3, 0.4) is 0 Å². The van der Waals surface area contributed by atoms with Gasteiger partial charge in [0.2, 0.25) is 5.91 Å². The number of aliphatic hydroxyl groups is 1. The Labute approximate surface area is 102 Å². The van der Waals surface area contributed by atoms with Gasteiger partial charge < -0.3 is 10.0 Å². The Balaban J connectivity index is 2.86. The number of hydrogen-bond acceptors (Lipinski definition) is 3. The molecule has 0 saturated carbocycles. The Morgan fingerprint density at radius 3 is 2.47 bits per heavy atom. The van der Waals surface area contributed by atoms with Crippen LogP contribution in [0.5, 0.6) is 0 Å². The summed E-state index contributed by atoms with van der Waals surface area (Å²) < 4.78 is 1.65. The summed E-state index contributed by atoms with van der Waals surface area (Å²) in [5.74, 6) is 0.0232. The molecule has 0 radical (unpaired) electrons. The van der Waals surface area contributed by atoms with Crippen molar-refractivity contribution in [1.29, 1.82) is 0 Å². The molecule has 5 nitrogen and oxygen atoms in total. The van der Waals surface area contributed by atoms with Gasteiger partial charge in [-0.3, -0.25) is 9.48 Å². The Kier molecular flexibility index (Phi) is 4.28. The molecule has 0 aliphatic rings. The van der Waals surface area contributed by atoms with Gasteiger partial charge in [-0.15, -0.1) is 0 Å². The molecular weight excluding hydrogens is 218 g/mol. The van der Waals surface area contributed by atoms with Crippen molar-refractivity contribution in [3.05, 3.63) is 17.0 Å². The molecule has 0 aromatic carbocycles. The zero-order valence-electron chi connectivity index (χ0n) is 11.2. The van der Waals surface area contributed by atoms with Gasteiger partial charge in [0.05, 0.1) is 12.3 Å². The van der Waals surface area contributed by atoms with Crippen molar-refractivity contribution in [2.24, 2.45) is 0 Å². The highest BCUT2D eigenvalue weighted by Gasteiger charge is 2.16. The van der Waals surface area contributed by atoms with Crippen molar-refractivity contribution in [2.45, 2.75) is 46.9 Å². The zero-order chi connectivity index (χ0) is 13.2. The van der Waals surface area contributed by atoms with E-state index in [1.807, 2.05) is 27.7 Å². The molecule has 17 heavy (non-hydrogen) atoms. The normalized spacial score (nSPS) is 11.0. The number of hydrogen-bond donors (Lipinski definition) is 1. The van der Waals surface area contributed by atoms with Gasteiger partial charge in [-0.05, 0) is 27.7 Å². The summed E-state index contributed by atoms with van der Waals surface area (Å²) in [6.07, 6.45) is 0. The molecule has 96 valence electrons. The zero-order valence-corrected chi connectivity index (χ0v) is 11.2. The molecule has 1 N–H and O–H groups in total. The maximum Gasteiger partial charge on any atom is 0.244 e. The maximum atomic E-state index is 11.9. The minimum Gasteiger partial charge on any atom is -0.392 e. The van der Waals surface area contributed by atoms with Crippen LogP contribution in [0.1, 0.15) is 30.8 Å². The fourth-order valence-corrected chi connectivity index (χ4v) is 1.64. The summed E-state index contributed by atoms with van der Waals surface area (Å²) in [5.41, 5.74) is 2.45. The number of rotatable bonds is 4. The molecule has 0 saturated heterocycles. The predicted molar refractivity (Wildman–Crippen MR) is 65.5 cm³/mol. The highest BCUT2D eigenvalue weighted by Crippen LogP contribution is 2.13. The van der Waals surface area contributed by atoms with Crippen molar-refractivity contribution in [3.8, 4) is 0 Å². The molecule has 1 aromatic rings. The first-order valence-electron chi connectivity index (χ1n) is 5.77. The summed E-state index contributed by atoms with van der Waals surface area (Å²) in [5, 5.41) is 13.5. The average molecular weight is 239 g/mol. The largest absolute Gasteiger partial charge is 0.392 e. The van der Waals surface area contributed by atoms with Crippen LogP contribution in [0.15, 0.2) is 0 Å². The van der Waals surface area contributed by atoms with Crippen LogP contribution < -0.4 is 0 Å². The maximum absolute atomic E-state index is 11.9. The average Bonchev–Trinajstić information content (AvgIpc) is 2.52. The van der Waals surface area contributed by atoms with E-state index in [0.29, 0.717) is 0 Å². The molecule has 5 heteroatoms. The van der Waals surface area contributed by atoms with E-state index in [1.165, 1.54) is 0 Å². The highest BCUT2D eigenvalue weighted by atomic mass is 16.3. The summed E-state index contributed by atoms with van der Waals surface area (Å²) in [4.78, 5) is 13.6. The second-order valence-electron chi connectivity index (χ2n) is 4.56. The van der Waals surface area contributed by atoms with Crippen LogP contribution in [0, 0.1) is 13.8 Å². The van der Waals surface area contributed by atoms with Crippen molar-refractivity contribution in [1.82, 2.24) is 14.7 Å². The van der Waals surface area contributed by atoms with E-state index >= 15 is 0 Å². The van der Waals surface area contributed by atoms with Gasteiger partial charge in [-0.25, -0.2) is 0 Å². The monoisotopic (exact) mass is 239 g/mol. The fraction of sp³-hybridized carbons (Fsp3) is 0.667. The summed E-state index contributed by atoms with van der Waals surface area (Å²) >= 11 is 0. The summed E-state index contributed by atoms with van der Waals surface area (Å²) in [6.45, 7) is 7.84. The highest BCUT2D eigenvalue weighted by molar-refractivity contribution is 5.76. The van der Waals surface area contributed by atoms with E-state index in [9.17, 15) is 9.90 Å². The Hall–Kier alpha value is -1.36. The number of aliphatic hydroxyl groups excluding tert-OH is 1. The van der Waals surface area contributed by atoms with Crippen LogP contribution in [0.2, 0.25) is 0 Å². The summed E-state index contributed by atoms with van der Waals surface area (Å²) in [7, 11) is 1.78. The molecule has 0 spiro atoms. The minimum atomic E-state index is -0.0358. The van der Waals surface area contributed by atoms with Crippen LogP contribution in [0.25, 0.3) is 0 Å². The second-order valence-corrected chi connectivity index (χ2v) is 4.56. The first-order chi connectivity index (χ1) is 7.88. The van der Waals surface area contributed by atoms with Crippen LogP contribution in [-0.4, -0.2) is 38.8 Å². The Morgan fingerprint density at radius 1 is 1.47 bits per heavy atom. The molecule has 0 unspecified atom stereocenters. The van der Waals surface area contributed by atoms with E-state index in [1.54, 1.807) is 16.6 Å². The van der Waals surface area contributed by atoms with Gasteiger partial charge in [0.25, 0.3) is 0 Å². The lowest BCUT2D eigenvalue weighted by Crippen LogP contribution is -2.36. The van der Waals surface area contributed by atoms with Crippen LogP contribution in [-0.2, 0) is 17.9 Å². The third kappa shape index (κ3) is 2.85. The fourth-order valence-electron chi connectivity index (χ4n) is 1.64. The number of aryl methyl sites for hydroxylation is 1. The number of carbonyl (C=O) groups excluding carboxylic acids is 1. The Morgan fingerprint density at radius 2 is 2.06 bits per heavy atom. The van der Waals surface area contributed by atoms with E-state index in [0.717, 1.165) is 17.0 Å². The third-order valence-electron chi connectivity index (χ3n) is 3.14. The van der Waals surface area contributed by atoms with Crippen LogP contribution in [0.4, 0.5) is 0 Å². The first-order valence-corrected chi connectivity index (χ1v) is 5.77. The third-order valence-corrected chi connectivity index (χ3v) is 3.14. The van der Waals surface area contributed by atoms with Crippen molar-refractivity contribution >= 4 is 5.91 Å². The van der Waals surface area contributed by atoms with Crippen molar-refractivity contribution < 1.29 is 9.90 Å². The van der Waals surface area contributed by atoms with Crippen molar-refractivity contribution in [2.75, 3.05) is 7.05 Å². The number of likely N-dealkylation sites (N-methyl/N-ethyl adjacent to an activating group) is 1. The van der Waals surface area contributed by atoms with E-state index < -0.39 is 0 Å². The van der Waals surface area contributed by atoms with Gasteiger partial charge in [-0.1, -0.05) is 0 Å². The van der Waals surface area contributed by atoms with Gasteiger partial charge in [0.15, 0.2) is 0 Å². The van der Waals surface area contributed by atoms with E-state index in [4.69, 9.17) is 0 Å². The lowest BCUT2D eigenvalue weighted by atomic mass is 10.2. The molecular formula is C12H21N3O2. The molecule has 1 heterocycles. The number of nitrogens with zero attached hydrogens (tertiary/aromatic N) is 3. The van der Waals surface area contributed by atoms with E-state index in [2.05, 4.69) is 5.10 Å². The molecule has 0 atom stereocenters. The lowest BCUT2D eigenvalue weighted by Gasteiger charge is -2.21. The van der Waals surface area contributed by atoms with Gasteiger partial charge in [0.1, 0.15) is 6.54 Å². The number of aromatic nitrogens is 2. The van der Waals surface area contributed by atoms with Crippen LogP contribution >= 0.6 is 0 Å². The standard InChI is InChI=1S/C12H21N3O2/c1-8(2)14(5)12(17)6-15-10(4)11(7-16)9(3)13-15/h8,16H,6-7H2,1-5H3. The van der Waals surface area contributed by atoms with Gasteiger partial charge in [0, 0.05) is 24.3 Å². The van der Waals surface area contributed by atoms with Gasteiger partial charge >= 0.3 is 0 Å². The van der Waals surface area contributed by atoms with Gasteiger partial charge in [-0.2, -0.15) is 5.10 Å². The minimum absolute atomic E-state index is 0.0232. The smallest absolute Gasteiger partial charge is 0.244 e. The quantitative estimate of drug-likeness (QED) is 0.847. The molecule has 0 aliphatic heterocycles. The second kappa shape index (κ2) is 5.31. The molecule has 1 aromatic heterocycles. The predicted octanol–water partition coefficient (Wildman–Crippen LogP) is 0.859. The Bertz CT molecular complexity index is 410. The number of amides is 1. The van der Waals surface area contributed by atoms with Crippen molar-refractivity contribution in [3.63, 3.8) is 0 Å². The molecule has 1 amide bonds. The molecule has 0 aliphatic carbocycles. The number of carbonyl (C=O) groups is 1. The van der Waals surface area contributed by atoms with E-state index in [-0.39, 0.29) is 25.1 Å². The molecule has 1 rings (SSSR count). The summed E-state index contributed by atoms with van der Waals surface area (Å²) in [6, 6.07) is 0.178. The molecule has 0 fully saturated rings. The molecule has 0 bridgehead atoms. The first kappa shape index (κ1) is 13.7. The topological polar surface area (TPSA) is 58.4 Å².